The number of halogens is 30. The first-order valence-corrected chi connectivity index (χ1v) is 30.5. The minimum atomic E-state index is -5.36. The predicted molar refractivity (Wildman–Crippen MR) is 309 cm³/mol. The number of aliphatic hydroxyl groups is 2. The minimum absolute atomic E-state index is 0. The zero-order chi connectivity index (χ0) is 84.9. The summed E-state index contributed by atoms with van der Waals surface area (Å²) in [5.74, 6) is -2.63. The van der Waals surface area contributed by atoms with Gasteiger partial charge in [0.1, 0.15) is 23.0 Å². The van der Waals surface area contributed by atoms with Crippen LogP contribution in [0.4, 0.5) is 132 Å². The van der Waals surface area contributed by atoms with Crippen LogP contribution < -0.4 is 24.7 Å². The molecular formula is C58H47F30N2O16S3Yb. The number of nitrogens with two attached hydrogens (primary N) is 1. The maximum atomic E-state index is 13.4. The van der Waals surface area contributed by atoms with E-state index in [0.717, 1.165) is 66.2 Å². The number of aliphatic hydroxyl groups excluding tert-OH is 2. The number of hydrogen-bond donors (Lipinski definition) is 3. The summed E-state index contributed by atoms with van der Waals surface area (Å²) in [4.78, 5) is 0.383. The van der Waals surface area contributed by atoms with Gasteiger partial charge in [-0.15, -0.1) is 90.6 Å². The first kappa shape index (κ1) is 107. The third kappa shape index (κ3) is 51.2. The van der Waals surface area contributed by atoms with Crippen LogP contribution in [-0.2, 0) is 60.2 Å². The second-order valence-electron chi connectivity index (χ2n) is 19.9. The number of epoxide rings is 1. The van der Waals surface area contributed by atoms with Crippen LogP contribution in [0.15, 0.2) is 158 Å². The van der Waals surface area contributed by atoms with E-state index >= 15 is 0 Å². The third-order valence-corrected chi connectivity index (χ3v) is 12.3. The zero-order valence-corrected chi connectivity index (χ0v) is 57.3. The summed E-state index contributed by atoms with van der Waals surface area (Å²) < 4.78 is 452. The Morgan fingerprint density at radius 3 is 0.800 bits per heavy atom. The predicted octanol–water partition coefficient (Wildman–Crippen LogP) is 15.1. The van der Waals surface area contributed by atoms with Gasteiger partial charge < -0.3 is 79.1 Å². The minimum Gasteiger partial charge on any atom is -0.406 e. The molecule has 52 heteroatoms. The van der Waals surface area contributed by atoms with E-state index in [1.165, 1.54) is 48.5 Å². The molecule has 4 N–H and O–H groups in total. The molecule has 1 aliphatic heterocycles. The Morgan fingerprint density at radius 1 is 0.400 bits per heavy atom. The van der Waals surface area contributed by atoms with Crippen molar-refractivity contribution in [3.8, 4) is 23.0 Å². The van der Waals surface area contributed by atoms with E-state index in [2.05, 4.69) is 23.7 Å². The number of nitrogens with zero attached hydrogens (tertiary/aromatic N) is 1. The Bertz CT molecular complexity index is 3710. The van der Waals surface area contributed by atoms with Crippen LogP contribution in [0.1, 0.15) is 33.4 Å². The van der Waals surface area contributed by atoms with Crippen LogP contribution in [0.5, 0.6) is 23.0 Å². The maximum Gasteiger partial charge on any atom is 3.00 e. The number of hydrogen-bond acceptors (Lipinski definition) is 18. The summed E-state index contributed by atoms with van der Waals surface area (Å²) in [7, 11) is -9.33. The van der Waals surface area contributed by atoms with Crippen LogP contribution in [0, 0.1) is 67.0 Å². The summed E-state index contributed by atoms with van der Waals surface area (Å²) in [5.41, 5.74) is 4.26. The van der Waals surface area contributed by atoms with Crippen LogP contribution in [-0.4, -0.2) is 148 Å². The van der Waals surface area contributed by atoms with E-state index in [4.69, 9.17) is 43.6 Å². The second-order valence-corrected chi connectivity index (χ2v) is 21.1. The molecule has 7 rings (SSSR count). The fourth-order valence-corrected chi connectivity index (χ4v) is 8.66. The van der Waals surface area contributed by atoms with Crippen LogP contribution in [0.3, 0.4) is 0 Å². The van der Waals surface area contributed by atoms with Crippen molar-refractivity contribution in [3.63, 3.8) is 0 Å². The average Bonchev–Trinajstić information content (AvgIpc) is 0.792. The van der Waals surface area contributed by atoms with Gasteiger partial charge in [-0.25, -0.2) is 0 Å². The van der Waals surface area contributed by atoms with Gasteiger partial charge in [0, 0.05) is 37.0 Å². The fraction of sp³-hybridized carbons (Fsp3) is 0.328. The molecule has 627 valence electrons. The summed E-state index contributed by atoms with van der Waals surface area (Å²) in [6.45, 7) is -13.6. The van der Waals surface area contributed by atoms with Gasteiger partial charge >= 0.3 is 123 Å². The van der Waals surface area contributed by atoms with Gasteiger partial charge in [-0.3, -0.25) is 4.90 Å². The Morgan fingerprint density at radius 2 is 0.618 bits per heavy atom. The Balaban J connectivity index is -0.00000152. The molecule has 0 saturated carbocycles. The summed E-state index contributed by atoms with van der Waals surface area (Å²) in [6, 6.07) is 34.6. The normalized spacial score (nSPS) is 13.3. The van der Waals surface area contributed by atoms with Crippen molar-refractivity contribution in [3.05, 3.63) is 211 Å². The molecule has 0 spiro atoms. The number of alkyl halides is 21. The molecule has 110 heavy (non-hydrogen) atoms. The molecule has 0 unspecified atom stereocenters. The first-order valence-electron chi connectivity index (χ1n) is 27.5. The number of benzene rings is 6. The van der Waals surface area contributed by atoms with Crippen LogP contribution in [0.2, 0.25) is 0 Å². The van der Waals surface area contributed by atoms with Crippen molar-refractivity contribution in [1.82, 2.24) is 4.90 Å². The molecule has 0 aromatic heterocycles. The van der Waals surface area contributed by atoms with Crippen LogP contribution >= 0.6 is 0 Å². The molecule has 1 fully saturated rings. The topological polar surface area (TPSA) is 273 Å². The van der Waals surface area contributed by atoms with Gasteiger partial charge in [0.05, 0.1) is 6.61 Å². The Hall–Kier alpha value is -7.40. The van der Waals surface area contributed by atoms with Gasteiger partial charge in [0.25, 0.3) is 0 Å². The first-order chi connectivity index (χ1) is 49.6. The van der Waals surface area contributed by atoms with Gasteiger partial charge in [-0.1, -0.05) is 109 Å². The zero-order valence-electron chi connectivity index (χ0n) is 53.2. The van der Waals surface area contributed by atoms with Crippen molar-refractivity contribution in [2.75, 3.05) is 32.8 Å². The van der Waals surface area contributed by atoms with E-state index in [-0.39, 0.29) is 77.6 Å². The smallest absolute Gasteiger partial charge is 0.406 e. The van der Waals surface area contributed by atoms with Gasteiger partial charge in [-0.2, -0.15) is 39.5 Å². The van der Waals surface area contributed by atoms with Gasteiger partial charge in [0.15, 0.2) is 38.3 Å². The van der Waals surface area contributed by atoms with Crippen molar-refractivity contribution < 1.29 is 250 Å². The van der Waals surface area contributed by atoms with E-state index in [0.29, 0.717) is 21.6 Å². The van der Waals surface area contributed by atoms with Gasteiger partial charge in [-0.05, 0) is 94.8 Å². The summed E-state index contributed by atoms with van der Waals surface area (Å²) in [5, 5.41) is 19.6. The number of rotatable bonds is 19. The van der Waals surface area contributed by atoms with Crippen LogP contribution in [0.25, 0.3) is 0 Å². The molecule has 6 aromatic rings. The number of ether oxygens (including phenoxy) is 5. The molecule has 6 aromatic carbocycles. The van der Waals surface area contributed by atoms with E-state index < -0.39 is 174 Å². The Labute approximate surface area is 642 Å². The SMILES string of the molecule is FC(F)(F)[C@@H]1CO1.F[C-](F)F.F[C-](F)F.F[C-](F)F.NCC(Cc1ccccc1)(c1cccc(OC(F)(F)F)c1)c1cccc(OC(F)(F)F)c1.O=S(=O)=O.O=S(=O)=O.O=S(=O)=O.O[C@H](CN(C[C@H](O)C(F)(F)F)CC(Cc1ccccc1)(c1cccc(OC(F)(F)F)c1)c1cccc(OC(F)(F)F)c1)C(F)(F)F.[Yb+3]. The van der Waals surface area contributed by atoms with Crippen molar-refractivity contribution in [2.45, 2.75) is 86.0 Å². The monoisotopic (exact) mass is 1870 g/mol. The summed E-state index contributed by atoms with van der Waals surface area (Å²) in [6.07, 6.45) is -43.3. The van der Waals surface area contributed by atoms with E-state index in [1.807, 2.05) is 0 Å². The molecule has 0 bridgehead atoms. The molecule has 1 heterocycles. The molecule has 1 aliphatic rings. The molecule has 18 nitrogen and oxygen atoms in total. The molecule has 0 aliphatic carbocycles. The average molecular weight is 1870 g/mol. The molecule has 3 atom stereocenters. The largest absolute Gasteiger partial charge is 3.00 e. The van der Waals surface area contributed by atoms with Gasteiger partial charge in [0.2, 0.25) is 0 Å². The molecular weight excluding hydrogens is 1820 g/mol. The summed E-state index contributed by atoms with van der Waals surface area (Å²) >= 11 is 0. The molecule has 1 radical (unpaired) electrons. The standard InChI is InChI=1S/C29H25F12NO4.C23H19F6NO2.C3H3F3O.3CF3.3O3S.Yb/c30-26(31,32)23(43)15-42(16-24(44)27(33,34)35)17-25(14-18-6-2-1-3-7-18,19-8-4-10-21(12-19)45-28(36,37)38)20-9-5-11-22(13-20)46-29(39,40)41;24-22(25,26)31-19-10-4-8-17(12-19)21(15-30,14-16-6-2-1-3-7-16)18-9-5-11-20(13-18)32-23(27,28)29;4-3(5,6)2-1-7-2;3*2-1(3)4;3*1-4(2)3;/h1-13,23-24,43-44H,14-17H2;1-13H,14-15,30H2;2H,1H2;;;;;;;/q;;;3*-1;;;;+3/t23-,24+;;2-;;;;;;;/m..0......./s1. The van der Waals surface area contributed by atoms with Crippen molar-refractivity contribution >= 4 is 31.8 Å². The molecule has 1 saturated heterocycles. The van der Waals surface area contributed by atoms with Crippen molar-refractivity contribution in [2.24, 2.45) is 5.73 Å². The second kappa shape index (κ2) is 49.2. The van der Waals surface area contributed by atoms with Crippen molar-refractivity contribution in [1.29, 1.82) is 0 Å². The third-order valence-electron chi connectivity index (χ3n) is 12.3. The molecule has 0 amide bonds. The Kier molecular flexibility index (Phi) is 47.7. The maximum absolute atomic E-state index is 13.4. The quantitative estimate of drug-likeness (QED) is 0.0386. The van der Waals surface area contributed by atoms with E-state index in [1.54, 1.807) is 48.5 Å². The fourth-order valence-electron chi connectivity index (χ4n) is 8.66. The van der Waals surface area contributed by atoms with E-state index in [9.17, 15) is 142 Å².